The highest BCUT2D eigenvalue weighted by atomic mass is 15.1. The van der Waals surface area contributed by atoms with E-state index in [1.54, 1.807) is 0 Å². The summed E-state index contributed by atoms with van der Waals surface area (Å²) in [5, 5.41) is 0. The Balaban J connectivity index is 0.000000461. The number of rotatable bonds is 1. The Morgan fingerprint density at radius 1 is 1.36 bits per heavy atom. The van der Waals surface area contributed by atoms with Gasteiger partial charge in [0.2, 0.25) is 0 Å². The van der Waals surface area contributed by atoms with Crippen molar-refractivity contribution in [1.82, 2.24) is 4.90 Å². The average Bonchev–Trinajstić information content (AvgIpc) is 2.08. The molecule has 1 aliphatic heterocycles. The van der Waals surface area contributed by atoms with Crippen molar-refractivity contribution >= 4 is 0 Å². The van der Waals surface area contributed by atoms with Crippen LogP contribution in [0.15, 0.2) is 0 Å². The third-order valence-electron chi connectivity index (χ3n) is 2.19. The van der Waals surface area contributed by atoms with E-state index in [1.165, 1.54) is 32.5 Å². The molecule has 1 atom stereocenters. The molecule has 1 unspecified atom stereocenters. The molecule has 1 fully saturated rings. The maximum Gasteiger partial charge on any atom is 0.000691 e. The van der Waals surface area contributed by atoms with Crippen molar-refractivity contribution in [3.05, 3.63) is 0 Å². The first-order chi connectivity index (χ1) is 5.33. The summed E-state index contributed by atoms with van der Waals surface area (Å²) in [6.07, 6.45) is 2.85. The molecule has 0 aromatic carbocycles. The van der Waals surface area contributed by atoms with Crippen molar-refractivity contribution in [2.75, 3.05) is 19.6 Å². The van der Waals surface area contributed by atoms with Gasteiger partial charge in [0.25, 0.3) is 0 Å². The molecule has 0 aliphatic carbocycles. The van der Waals surface area contributed by atoms with Crippen LogP contribution in [0.4, 0.5) is 0 Å². The Morgan fingerprint density at radius 2 is 2.00 bits per heavy atom. The summed E-state index contributed by atoms with van der Waals surface area (Å²) in [5.41, 5.74) is 0. The highest BCUT2D eigenvalue weighted by Gasteiger charge is 2.13. The van der Waals surface area contributed by atoms with Gasteiger partial charge in [0, 0.05) is 6.54 Å². The molecule has 0 spiro atoms. The lowest BCUT2D eigenvalue weighted by molar-refractivity contribution is 0.192. The van der Waals surface area contributed by atoms with Crippen molar-refractivity contribution in [2.24, 2.45) is 5.92 Å². The van der Waals surface area contributed by atoms with Crippen LogP contribution in [0.2, 0.25) is 0 Å². The highest BCUT2D eigenvalue weighted by molar-refractivity contribution is 4.67. The number of hydrogen-bond acceptors (Lipinski definition) is 1. The van der Waals surface area contributed by atoms with Gasteiger partial charge in [-0.2, -0.15) is 0 Å². The molecule has 11 heavy (non-hydrogen) atoms. The van der Waals surface area contributed by atoms with Gasteiger partial charge in [-0.25, -0.2) is 0 Å². The molecule has 1 saturated heterocycles. The maximum atomic E-state index is 2.54. The molecule has 0 N–H and O–H groups in total. The van der Waals surface area contributed by atoms with Gasteiger partial charge >= 0.3 is 0 Å². The SMILES string of the molecule is CC.CCN1CCCC(C)C1. The lowest BCUT2D eigenvalue weighted by atomic mass is 10.0. The molecular formula is C10H23N. The zero-order valence-electron chi connectivity index (χ0n) is 8.56. The second kappa shape index (κ2) is 6.66. The van der Waals surface area contributed by atoms with E-state index in [2.05, 4.69) is 18.7 Å². The second-order valence-electron chi connectivity index (χ2n) is 3.14. The van der Waals surface area contributed by atoms with E-state index in [0.717, 1.165) is 5.92 Å². The minimum absolute atomic E-state index is 0.943. The van der Waals surface area contributed by atoms with Crippen molar-refractivity contribution < 1.29 is 0 Å². The zero-order chi connectivity index (χ0) is 8.69. The Kier molecular flexibility index (Phi) is 6.63. The van der Waals surface area contributed by atoms with Gasteiger partial charge in [-0.3, -0.25) is 0 Å². The van der Waals surface area contributed by atoms with Gasteiger partial charge in [0.05, 0.1) is 0 Å². The number of nitrogens with zero attached hydrogens (tertiary/aromatic N) is 1. The molecule has 1 rings (SSSR count). The number of piperidine rings is 1. The third kappa shape index (κ3) is 4.41. The first-order valence-corrected chi connectivity index (χ1v) is 5.05. The third-order valence-corrected chi connectivity index (χ3v) is 2.19. The largest absolute Gasteiger partial charge is 0.303 e. The van der Waals surface area contributed by atoms with Gasteiger partial charge in [0.15, 0.2) is 0 Å². The molecule has 1 heteroatoms. The molecule has 0 radical (unpaired) electrons. The first kappa shape index (κ1) is 11.0. The molecule has 1 nitrogen and oxygen atoms in total. The smallest absolute Gasteiger partial charge is 0.000691 e. The van der Waals surface area contributed by atoms with E-state index >= 15 is 0 Å². The zero-order valence-corrected chi connectivity index (χ0v) is 8.56. The highest BCUT2D eigenvalue weighted by Crippen LogP contribution is 2.14. The van der Waals surface area contributed by atoms with E-state index in [-0.39, 0.29) is 0 Å². The fraction of sp³-hybridized carbons (Fsp3) is 1.00. The summed E-state index contributed by atoms with van der Waals surface area (Å²) in [5.74, 6) is 0.943. The van der Waals surface area contributed by atoms with Crippen LogP contribution in [0.1, 0.15) is 40.5 Å². The van der Waals surface area contributed by atoms with E-state index in [1.807, 2.05) is 13.8 Å². The van der Waals surface area contributed by atoms with Crippen molar-refractivity contribution in [2.45, 2.75) is 40.5 Å². The van der Waals surface area contributed by atoms with Gasteiger partial charge < -0.3 is 4.90 Å². The molecular weight excluding hydrogens is 134 g/mol. The van der Waals surface area contributed by atoms with Crippen LogP contribution in [0, 0.1) is 5.92 Å². The minimum atomic E-state index is 0.943. The van der Waals surface area contributed by atoms with Crippen LogP contribution >= 0.6 is 0 Å². The molecule has 0 amide bonds. The van der Waals surface area contributed by atoms with Crippen LogP contribution in [-0.2, 0) is 0 Å². The average molecular weight is 157 g/mol. The van der Waals surface area contributed by atoms with E-state index in [4.69, 9.17) is 0 Å². The standard InChI is InChI=1S/C8H17N.C2H6/c1-3-9-6-4-5-8(2)7-9;1-2/h8H,3-7H2,1-2H3;1-2H3. The normalized spacial score (nSPS) is 25.6. The van der Waals surface area contributed by atoms with E-state index in [0.29, 0.717) is 0 Å². The summed E-state index contributed by atoms with van der Waals surface area (Å²) in [7, 11) is 0. The van der Waals surface area contributed by atoms with Crippen molar-refractivity contribution in [3.63, 3.8) is 0 Å². The van der Waals surface area contributed by atoms with Crippen LogP contribution in [0.25, 0.3) is 0 Å². The molecule has 68 valence electrons. The van der Waals surface area contributed by atoms with E-state index in [9.17, 15) is 0 Å². The van der Waals surface area contributed by atoms with Gasteiger partial charge in [0.1, 0.15) is 0 Å². The minimum Gasteiger partial charge on any atom is -0.303 e. The molecule has 1 heterocycles. The fourth-order valence-corrected chi connectivity index (χ4v) is 1.57. The summed E-state index contributed by atoms with van der Waals surface area (Å²) in [6.45, 7) is 12.5. The van der Waals surface area contributed by atoms with Crippen LogP contribution in [0.5, 0.6) is 0 Å². The van der Waals surface area contributed by atoms with Crippen molar-refractivity contribution in [3.8, 4) is 0 Å². The van der Waals surface area contributed by atoms with Gasteiger partial charge in [-0.1, -0.05) is 27.7 Å². The van der Waals surface area contributed by atoms with Crippen LogP contribution in [0.3, 0.4) is 0 Å². The van der Waals surface area contributed by atoms with Gasteiger partial charge in [-0.15, -0.1) is 0 Å². The predicted octanol–water partition coefficient (Wildman–Crippen LogP) is 2.76. The van der Waals surface area contributed by atoms with Gasteiger partial charge in [-0.05, 0) is 31.8 Å². The predicted molar refractivity (Wildman–Crippen MR) is 51.9 cm³/mol. The molecule has 0 aromatic rings. The number of hydrogen-bond donors (Lipinski definition) is 0. The molecule has 1 aliphatic rings. The second-order valence-corrected chi connectivity index (χ2v) is 3.14. The summed E-state index contributed by atoms with van der Waals surface area (Å²) in [4.78, 5) is 2.54. The topological polar surface area (TPSA) is 3.24 Å². The quantitative estimate of drug-likeness (QED) is 0.565. The lowest BCUT2D eigenvalue weighted by Gasteiger charge is -2.29. The number of likely N-dealkylation sites (tertiary alicyclic amines) is 1. The maximum absolute atomic E-state index is 2.54. The summed E-state index contributed by atoms with van der Waals surface area (Å²) in [6, 6.07) is 0. The first-order valence-electron chi connectivity index (χ1n) is 5.05. The Labute approximate surface area is 71.8 Å². The Hall–Kier alpha value is -0.0400. The molecule has 0 bridgehead atoms. The Morgan fingerprint density at radius 3 is 2.36 bits per heavy atom. The summed E-state index contributed by atoms with van der Waals surface area (Å²) < 4.78 is 0. The van der Waals surface area contributed by atoms with Crippen LogP contribution < -0.4 is 0 Å². The molecule has 0 saturated carbocycles. The molecule has 0 aromatic heterocycles. The monoisotopic (exact) mass is 157 g/mol. The summed E-state index contributed by atoms with van der Waals surface area (Å²) >= 11 is 0. The van der Waals surface area contributed by atoms with Crippen LogP contribution in [-0.4, -0.2) is 24.5 Å². The van der Waals surface area contributed by atoms with Crippen molar-refractivity contribution in [1.29, 1.82) is 0 Å². The fourth-order valence-electron chi connectivity index (χ4n) is 1.57. The Bertz CT molecular complexity index is 80.9. The van der Waals surface area contributed by atoms with E-state index < -0.39 is 0 Å². The lowest BCUT2D eigenvalue weighted by Crippen LogP contribution is -2.33.